The molecule has 0 heterocycles. The SMILES string of the molecule is CCOC(=O)C(C(C)=O)C(C#N)CC(C)C. The first-order chi connectivity index (χ1) is 7.43. The van der Waals surface area contributed by atoms with E-state index >= 15 is 0 Å². The minimum Gasteiger partial charge on any atom is -0.465 e. The monoisotopic (exact) mass is 225 g/mol. The normalized spacial score (nSPS) is 14.0. The van der Waals surface area contributed by atoms with Crippen LogP contribution in [0.5, 0.6) is 0 Å². The van der Waals surface area contributed by atoms with Crippen LogP contribution < -0.4 is 0 Å². The maximum Gasteiger partial charge on any atom is 0.317 e. The molecule has 4 nitrogen and oxygen atoms in total. The second-order valence-corrected chi connectivity index (χ2v) is 4.21. The van der Waals surface area contributed by atoms with E-state index in [9.17, 15) is 9.59 Å². The number of esters is 1. The van der Waals surface area contributed by atoms with Gasteiger partial charge >= 0.3 is 5.97 Å². The molecule has 16 heavy (non-hydrogen) atoms. The van der Waals surface area contributed by atoms with Gasteiger partial charge in [-0.1, -0.05) is 13.8 Å². The molecule has 0 aliphatic carbocycles. The molecule has 0 aromatic carbocycles. The Balaban J connectivity index is 4.81. The molecule has 0 bridgehead atoms. The van der Waals surface area contributed by atoms with Crippen LogP contribution >= 0.6 is 0 Å². The highest BCUT2D eigenvalue weighted by molar-refractivity contribution is 5.98. The molecular formula is C12H19NO3. The molecule has 0 spiro atoms. The Morgan fingerprint density at radius 1 is 1.38 bits per heavy atom. The zero-order chi connectivity index (χ0) is 12.7. The van der Waals surface area contributed by atoms with E-state index in [0.717, 1.165) is 0 Å². The van der Waals surface area contributed by atoms with Crippen molar-refractivity contribution in [3.63, 3.8) is 0 Å². The molecule has 2 atom stereocenters. The van der Waals surface area contributed by atoms with Gasteiger partial charge < -0.3 is 4.74 Å². The molecule has 0 rings (SSSR count). The zero-order valence-corrected chi connectivity index (χ0v) is 10.3. The maximum absolute atomic E-state index is 11.6. The lowest BCUT2D eigenvalue weighted by Gasteiger charge is -2.19. The lowest BCUT2D eigenvalue weighted by Crippen LogP contribution is -2.31. The van der Waals surface area contributed by atoms with Crippen molar-refractivity contribution < 1.29 is 14.3 Å². The summed E-state index contributed by atoms with van der Waals surface area (Å²) in [6, 6.07) is 2.03. The second kappa shape index (κ2) is 7.00. The number of rotatable bonds is 6. The van der Waals surface area contributed by atoms with Crippen LogP contribution in [0.25, 0.3) is 0 Å². The first kappa shape index (κ1) is 14.6. The summed E-state index contributed by atoms with van der Waals surface area (Å²) in [6.45, 7) is 7.13. The van der Waals surface area contributed by atoms with Gasteiger partial charge in [-0.05, 0) is 26.2 Å². The summed E-state index contributed by atoms with van der Waals surface area (Å²) in [5, 5.41) is 9.00. The summed E-state index contributed by atoms with van der Waals surface area (Å²) in [7, 11) is 0. The van der Waals surface area contributed by atoms with E-state index in [2.05, 4.69) is 0 Å². The summed E-state index contributed by atoms with van der Waals surface area (Å²) in [5.74, 6) is -2.14. The van der Waals surface area contributed by atoms with E-state index in [1.54, 1.807) is 6.92 Å². The van der Waals surface area contributed by atoms with E-state index < -0.39 is 17.8 Å². The molecule has 0 fully saturated rings. The highest BCUT2D eigenvalue weighted by Gasteiger charge is 2.34. The average molecular weight is 225 g/mol. The van der Waals surface area contributed by atoms with Gasteiger partial charge in [-0.3, -0.25) is 9.59 Å². The highest BCUT2D eigenvalue weighted by Crippen LogP contribution is 2.22. The number of hydrogen-bond donors (Lipinski definition) is 0. The first-order valence-corrected chi connectivity index (χ1v) is 5.50. The fourth-order valence-corrected chi connectivity index (χ4v) is 1.62. The maximum atomic E-state index is 11.6. The van der Waals surface area contributed by atoms with Gasteiger partial charge in [0.15, 0.2) is 0 Å². The summed E-state index contributed by atoms with van der Waals surface area (Å²) >= 11 is 0. The van der Waals surface area contributed by atoms with E-state index in [-0.39, 0.29) is 18.3 Å². The summed E-state index contributed by atoms with van der Waals surface area (Å²) in [4.78, 5) is 23.0. The van der Waals surface area contributed by atoms with Gasteiger partial charge in [0.2, 0.25) is 0 Å². The molecule has 0 radical (unpaired) electrons. The Hall–Kier alpha value is -1.37. The number of Topliss-reactive ketones (excluding diaryl/α,β-unsaturated/α-hetero) is 1. The van der Waals surface area contributed by atoms with E-state index in [0.29, 0.717) is 6.42 Å². The highest BCUT2D eigenvalue weighted by atomic mass is 16.5. The van der Waals surface area contributed by atoms with Crippen molar-refractivity contribution in [1.29, 1.82) is 5.26 Å². The van der Waals surface area contributed by atoms with Gasteiger partial charge in [-0.15, -0.1) is 0 Å². The second-order valence-electron chi connectivity index (χ2n) is 4.21. The Bertz CT molecular complexity index is 291. The van der Waals surface area contributed by atoms with Gasteiger partial charge in [0.05, 0.1) is 18.6 Å². The number of ketones is 1. The lowest BCUT2D eigenvalue weighted by molar-refractivity contribution is -0.152. The number of carbonyl (C=O) groups is 2. The fourth-order valence-electron chi connectivity index (χ4n) is 1.62. The molecule has 90 valence electrons. The van der Waals surface area contributed by atoms with Crippen molar-refractivity contribution in [3.8, 4) is 6.07 Å². The molecule has 2 unspecified atom stereocenters. The summed E-state index contributed by atoms with van der Waals surface area (Å²) < 4.78 is 4.82. The van der Waals surface area contributed by atoms with Gasteiger partial charge in [0.25, 0.3) is 0 Å². The molecule has 0 amide bonds. The molecule has 0 aliphatic rings. The number of carbonyl (C=O) groups excluding carboxylic acids is 2. The van der Waals surface area contributed by atoms with Crippen LogP contribution in [0.2, 0.25) is 0 Å². The number of nitrogens with zero attached hydrogens (tertiary/aromatic N) is 1. The third-order valence-corrected chi connectivity index (χ3v) is 2.27. The quantitative estimate of drug-likeness (QED) is 0.511. The summed E-state index contributed by atoms with van der Waals surface area (Å²) in [6.07, 6.45) is 0.527. The molecule has 0 saturated heterocycles. The van der Waals surface area contributed by atoms with Crippen molar-refractivity contribution >= 4 is 11.8 Å². The van der Waals surface area contributed by atoms with Crippen LogP contribution in [0.15, 0.2) is 0 Å². The Kier molecular flexibility index (Phi) is 6.40. The van der Waals surface area contributed by atoms with E-state index in [4.69, 9.17) is 10.00 Å². The predicted molar refractivity (Wildman–Crippen MR) is 59.4 cm³/mol. The van der Waals surface area contributed by atoms with Crippen molar-refractivity contribution in [1.82, 2.24) is 0 Å². The number of ether oxygens (including phenoxy) is 1. The van der Waals surface area contributed by atoms with Crippen molar-refractivity contribution in [2.75, 3.05) is 6.61 Å². The van der Waals surface area contributed by atoms with Gasteiger partial charge in [0.1, 0.15) is 11.7 Å². The molecule has 4 heteroatoms. The molecule has 0 aliphatic heterocycles. The number of hydrogen-bond acceptors (Lipinski definition) is 4. The molecular weight excluding hydrogens is 206 g/mol. The third kappa shape index (κ3) is 4.43. The Labute approximate surface area is 96.6 Å². The van der Waals surface area contributed by atoms with Crippen LogP contribution in [0, 0.1) is 29.1 Å². The minimum absolute atomic E-state index is 0.225. The van der Waals surface area contributed by atoms with Crippen LogP contribution in [0.3, 0.4) is 0 Å². The van der Waals surface area contributed by atoms with Crippen molar-refractivity contribution in [2.24, 2.45) is 17.8 Å². The molecule has 0 N–H and O–H groups in total. The van der Waals surface area contributed by atoms with Crippen LogP contribution in [-0.4, -0.2) is 18.4 Å². The number of nitriles is 1. The minimum atomic E-state index is -0.938. The Morgan fingerprint density at radius 3 is 2.25 bits per heavy atom. The predicted octanol–water partition coefficient (Wildman–Crippen LogP) is 1.94. The van der Waals surface area contributed by atoms with Crippen LogP contribution in [-0.2, 0) is 14.3 Å². The van der Waals surface area contributed by atoms with Gasteiger partial charge in [-0.2, -0.15) is 5.26 Å². The summed E-state index contributed by atoms with van der Waals surface area (Å²) in [5.41, 5.74) is 0. The van der Waals surface area contributed by atoms with Crippen LogP contribution in [0.1, 0.15) is 34.1 Å². The Morgan fingerprint density at radius 2 is 1.94 bits per heavy atom. The van der Waals surface area contributed by atoms with E-state index in [1.807, 2.05) is 19.9 Å². The van der Waals surface area contributed by atoms with Gasteiger partial charge in [-0.25, -0.2) is 0 Å². The molecule has 0 saturated carbocycles. The molecule has 0 aromatic heterocycles. The smallest absolute Gasteiger partial charge is 0.317 e. The first-order valence-electron chi connectivity index (χ1n) is 5.50. The topological polar surface area (TPSA) is 67.2 Å². The van der Waals surface area contributed by atoms with Crippen LogP contribution in [0.4, 0.5) is 0 Å². The van der Waals surface area contributed by atoms with E-state index in [1.165, 1.54) is 6.92 Å². The standard InChI is InChI=1S/C12H19NO3/c1-5-16-12(15)11(9(4)14)10(7-13)6-8(2)3/h8,10-11H,5-6H2,1-4H3. The van der Waals surface area contributed by atoms with Crippen molar-refractivity contribution in [2.45, 2.75) is 34.1 Å². The lowest BCUT2D eigenvalue weighted by atomic mass is 9.84. The van der Waals surface area contributed by atoms with Gasteiger partial charge in [0, 0.05) is 0 Å². The fraction of sp³-hybridized carbons (Fsp3) is 0.750. The van der Waals surface area contributed by atoms with Crippen molar-refractivity contribution in [3.05, 3.63) is 0 Å². The largest absolute Gasteiger partial charge is 0.465 e. The third-order valence-electron chi connectivity index (χ3n) is 2.27. The molecule has 0 aromatic rings. The zero-order valence-electron chi connectivity index (χ0n) is 10.3. The average Bonchev–Trinajstić information content (AvgIpc) is 2.15.